The highest BCUT2D eigenvalue weighted by molar-refractivity contribution is 6.36. The van der Waals surface area contributed by atoms with Crippen molar-refractivity contribution >= 4 is 45.8 Å². The van der Waals surface area contributed by atoms with Gasteiger partial charge in [-0.1, -0.05) is 60.8 Å². The number of halogens is 2. The zero-order valence-corrected chi connectivity index (χ0v) is 23.1. The van der Waals surface area contributed by atoms with Crippen molar-refractivity contribution in [2.24, 2.45) is 0 Å². The van der Waals surface area contributed by atoms with Gasteiger partial charge >= 0.3 is 6.03 Å². The fraction of sp³-hybridized carbons (Fsp3) is 0.276. The lowest BCUT2D eigenvalue weighted by Gasteiger charge is -2.31. The molecule has 0 aliphatic rings. The number of benzene rings is 3. The molecule has 0 aliphatic carbocycles. The van der Waals surface area contributed by atoms with Gasteiger partial charge in [0.05, 0.1) is 39.9 Å². The Morgan fingerprint density at radius 2 is 1.82 bits per heavy atom. The van der Waals surface area contributed by atoms with E-state index >= 15 is 0 Å². The van der Waals surface area contributed by atoms with Gasteiger partial charge in [-0.2, -0.15) is 0 Å². The van der Waals surface area contributed by atoms with E-state index in [1.807, 2.05) is 50.2 Å². The molecule has 1 heterocycles. The second kappa shape index (κ2) is 12.3. The van der Waals surface area contributed by atoms with E-state index in [2.05, 4.69) is 12.2 Å². The molecule has 0 saturated heterocycles. The molecule has 0 bridgehead atoms. The number of para-hydroxylation sites is 3. The zero-order chi connectivity index (χ0) is 27.2. The first-order valence-corrected chi connectivity index (χ1v) is 13.4. The van der Waals surface area contributed by atoms with Crippen LogP contribution >= 0.6 is 23.2 Å². The number of amides is 2. The third-order valence-corrected chi connectivity index (χ3v) is 6.78. The van der Waals surface area contributed by atoms with E-state index in [0.717, 1.165) is 12.8 Å². The second-order valence-corrected chi connectivity index (χ2v) is 9.65. The van der Waals surface area contributed by atoms with E-state index in [1.54, 1.807) is 39.8 Å². The number of urea groups is 1. The number of aromatic nitrogens is 2. The van der Waals surface area contributed by atoms with E-state index in [4.69, 9.17) is 32.9 Å². The molecule has 9 heteroatoms. The molecular formula is C29H30Cl2N4O3. The number of fused-ring (bicyclic) bond motifs is 1. The van der Waals surface area contributed by atoms with E-state index in [-0.39, 0.29) is 11.6 Å². The van der Waals surface area contributed by atoms with Crippen LogP contribution in [0, 0.1) is 0 Å². The van der Waals surface area contributed by atoms with Crippen molar-refractivity contribution in [3.8, 4) is 11.4 Å². The molecule has 0 radical (unpaired) electrons. The highest BCUT2D eigenvalue weighted by atomic mass is 35.5. The van der Waals surface area contributed by atoms with Crippen LogP contribution in [-0.2, 0) is 0 Å². The third-order valence-electron chi connectivity index (χ3n) is 6.23. The highest BCUT2D eigenvalue weighted by Gasteiger charge is 2.28. The number of carbonyl (C=O) groups is 1. The van der Waals surface area contributed by atoms with Gasteiger partial charge in [0.1, 0.15) is 11.6 Å². The van der Waals surface area contributed by atoms with Gasteiger partial charge in [0, 0.05) is 11.6 Å². The van der Waals surface area contributed by atoms with Crippen LogP contribution in [0.15, 0.2) is 71.5 Å². The minimum atomic E-state index is -0.570. The predicted octanol–water partition coefficient (Wildman–Crippen LogP) is 7.49. The summed E-state index contributed by atoms with van der Waals surface area (Å²) in [5.74, 6) is 0.981. The van der Waals surface area contributed by atoms with Crippen LogP contribution in [0.2, 0.25) is 10.0 Å². The summed E-state index contributed by atoms with van der Waals surface area (Å²) >= 11 is 12.4. The molecule has 0 spiro atoms. The maximum Gasteiger partial charge on any atom is 0.322 e. The van der Waals surface area contributed by atoms with E-state index < -0.39 is 6.04 Å². The Hall–Kier alpha value is -3.55. The van der Waals surface area contributed by atoms with Crippen LogP contribution in [0.25, 0.3) is 16.6 Å². The summed E-state index contributed by atoms with van der Waals surface area (Å²) in [4.78, 5) is 34.1. The summed E-state index contributed by atoms with van der Waals surface area (Å²) in [5.41, 5.74) is 1.33. The number of ether oxygens (including phenoxy) is 1. The molecule has 1 N–H and O–H groups in total. The minimum Gasteiger partial charge on any atom is -0.492 e. The Morgan fingerprint density at radius 3 is 2.55 bits per heavy atom. The molecule has 4 rings (SSSR count). The van der Waals surface area contributed by atoms with Crippen LogP contribution in [0.5, 0.6) is 5.75 Å². The Balaban J connectivity index is 1.86. The highest BCUT2D eigenvalue weighted by Crippen LogP contribution is 2.30. The number of hydrogen-bond acceptors (Lipinski definition) is 4. The molecule has 4 aromatic rings. The Bertz CT molecular complexity index is 1510. The molecule has 3 aromatic carbocycles. The fourth-order valence-corrected chi connectivity index (χ4v) is 4.75. The summed E-state index contributed by atoms with van der Waals surface area (Å²) < 4.78 is 7.42. The molecule has 0 fully saturated rings. The first-order valence-electron chi connectivity index (χ1n) is 12.6. The van der Waals surface area contributed by atoms with E-state index in [1.165, 1.54) is 0 Å². The molecule has 1 aromatic heterocycles. The summed E-state index contributed by atoms with van der Waals surface area (Å²) in [6.07, 6.45) is 1.64. The quantitative estimate of drug-likeness (QED) is 0.233. The molecule has 7 nitrogen and oxygen atoms in total. The van der Waals surface area contributed by atoms with Crippen LogP contribution in [0.1, 0.15) is 45.5 Å². The van der Waals surface area contributed by atoms with E-state index in [0.29, 0.717) is 57.0 Å². The lowest BCUT2D eigenvalue weighted by atomic mass is 10.1. The standard InChI is InChI=1S/C29H30Cl2N4O3/c1-4-6-17-34(29(37)33-24-16-15-20(30)18-22(24)31)19(3)27-32-23-12-8-7-11-21(23)28(36)35(27)25-13-9-10-14-26(25)38-5-2/h7-16,18-19H,4-6,17H2,1-3H3,(H,33,37). The molecule has 2 amide bonds. The lowest BCUT2D eigenvalue weighted by molar-refractivity contribution is 0.188. The molecular weight excluding hydrogens is 523 g/mol. The van der Waals surface area contributed by atoms with Gasteiger partial charge in [-0.15, -0.1) is 0 Å². The third kappa shape index (κ3) is 5.79. The second-order valence-electron chi connectivity index (χ2n) is 8.81. The fourth-order valence-electron chi connectivity index (χ4n) is 4.30. The van der Waals surface area contributed by atoms with Crippen molar-refractivity contribution in [1.29, 1.82) is 0 Å². The number of carbonyl (C=O) groups excluding carboxylic acids is 1. The Labute approximate surface area is 232 Å². The molecule has 0 aliphatic heterocycles. The number of anilines is 1. The molecule has 1 unspecified atom stereocenters. The number of nitrogens with zero attached hydrogens (tertiary/aromatic N) is 3. The summed E-state index contributed by atoms with van der Waals surface area (Å²) in [6.45, 7) is 6.70. The molecule has 0 saturated carbocycles. The van der Waals surface area contributed by atoms with Gasteiger partial charge in [-0.25, -0.2) is 9.78 Å². The van der Waals surface area contributed by atoms with Gasteiger partial charge in [0.2, 0.25) is 0 Å². The van der Waals surface area contributed by atoms with Gasteiger partial charge in [0.15, 0.2) is 0 Å². The van der Waals surface area contributed by atoms with Gasteiger partial charge in [-0.05, 0) is 62.7 Å². The first-order chi connectivity index (χ1) is 18.3. The number of unbranched alkanes of at least 4 members (excludes halogenated alkanes) is 1. The monoisotopic (exact) mass is 552 g/mol. The zero-order valence-electron chi connectivity index (χ0n) is 21.6. The van der Waals surface area contributed by atoms with Crippen molar-refractivity contribution in [3.05, 3.63) is 93.0 Å². The average Bonchev–Trinajstić information content (AvgIpc) is 2.91. The van der Waals surface area contributed by atoms with Crippen LogP contribution < -0.4 is 15.6 Å². The van der Waals surface area contributed by atoms with Crippen molar-refractivity contribution in [3.63, 3.8) is 0 Å². The van der Waals surface area contributed by atoms with Crippen LogP contribution in [0.3, 0.4) is 0 Å². The lowest BCUT2D eigenvalue weighted by Crippen LogP contribution is -2.40. The molecule has 198 valence electrons. The SMILES string of the molecule is CCCCN(C(=O)Nc1ccc(Cl)cc1Cl)C(C)c1nc2ccccc2c(=O)n1-c1ccccc1OCC. The minimum absolute atomic E-state index is 0.235. The normalized spacial score (nSPS) is 11.8. The Morgan fingerprint density at radius 1 is 1.08 bits per heavy atom. The van der Waals surface area contributed by atoms with E-state index in [9.17, 15) is 9.59 Å². The van der Waals surface area contributed by atoms with Crippen molar-refractivity contribution in [2.75, 3.05) is 18.5 Å². The maximum absolute atomic E-state index is 13.9. The van der Waals surface area contributed by atoms with Gasteiger partial charge < -0.3 is 15.0 Å². The summed E-state index contributed by atoms with van der Waals surface area (Å²) in [6, 6.07) is 18.5. The smallest absolute Gasteiger partial charge is 0.322 e. The van der Waals surface area contributed by atoms with Crippen molar-refractivity contribution < 1.29 is 9.53 Å². The number of rotatable bonds is 9. The van der Waals surface area contributed by atoms with Crippen LogP contribution in [-0.4, -0.2) is 33.6 Å². The summed E-state index contributed by atoms with van der Waals surface area (Å²) in [5, 5.41) is 4.18. The Kier molecular flexibility index (Phi) is 8.92. The predicted molar refractivity (Wildman–Crippen MR) is 154 cm³/mol. The number of nitrogens with one attached hydrogen (secondary N) is 1. The van der Waals surface area contributed by atoms with Crippen molar-refractivity contribution in [2.45, 2.75) is 39.7 Å². The van der Waals surface area contributed by atoms with Gasteiger partial charge in [-0.3, -0.25) is 9.36 Å². The maximum atomic E-state index is 13.9. The largest absolute Gasteiger partial charge is 0.492 e. The molecule has 1 atom stereocenters. The van der Waals surface area contributed by atoms with Gasteiger partial charge in [0.25, 0.3) is 5.56 Å². The van der Waals surface area contributed by atoms with Crippen molar-refractivity contribution in [1.82, 2.24) is 14.5 Å². The average molecular weight is 553 g/mol. The van der Waals surface area contributed by atoms with Crippen LogP contribution in [0.4, 0.5) is 10.5 Å². The summed E-state index contributed by atoms with van der Waals surface area (Å²) in [7, 11) is 0. The first kappa shape index (κ1) is 27.5. The number of hydrogen-bond donors (Lipinski definition) is 1. The topological polar surface area (TPSA) is 76.5 Å². The molecule has 38 heavy (non-hydrogen) atoms.